The fourth-order valence-electron chi connectivity index (χ4n) is 2.31. The van der Waals surface area contributed by atoms with Crippen molar-refractivity contribution in [2.24, 2.45) is 0 Å². The summed E-state index contributed by atoms with van der Waals surface area (Å²) in [5, 5.41) is 12.9. The van der Waals surface area contributed by atoms with Gasteiger partial charge in [-0.15, -0.1) is 11.3 Å². The van der Waals surface area contributed by atoms with E-state index in [1.807, 2.05) is 11.4 Å². The first-order valence-corrected chi connectivity index (χ1v) is 8.50. The topological polar surface area (TPSA) is 59.4 Å². The molecule has 0 amide bonds. The fourth-order valence-corrected chi connectivity index (χ4v) is 3.33. The summed E-state index contributed by atoms with van der Waals surface area (Å²) in [5.41, 5.74) is 0.548. The molecule has 3 rings (SSSR count). The summed E-state index contributed by atoms with van der Waals surface area (Å²) in [4.78, 5) is 17.4. The molecule has 122 valence electrons. The van der Waals surface area contributed by atoms with Gasteiger partial charge in [0.25, 0.3) is 0 Å². The van der Waals surface area contributed by atoms with Crippen LogP contribution in [0.4, 0.5) is 0 Å². The Balaban J connectivity index is 1.91. The largest absolute Gasteiger partial charge is 0.424 e. The zero-order valence-electron chi connectivity index (χ0n) is 12.5. The van der Waals surface area contributed by atoms with Crippen molar-refractivity contribution in [2.45, 2.75) is 12.0 Å². The minimum Gasteiger partial charge on any atom is -0.424 e. The van der Waals surface area contributed by atoms with Crippen molar-refractivity contribution in [3.63, 3.8) is 0 Å². The van der Waals surface area contributed by atoms with Crippen LogP contribution in [0.2, 0.25) is 5.02 Å². The number of carbonyl (C=O) groups is 1. The van der Waals surface area contributed by atoms with Gasteiger partial charge >= 0.3 is 5.97 Å². The number of nitrogens with zero attached hydrogens (tertiary/aromatic N) is 1. The Morgan fingerprint density at radius 1 is 1.17 bits per heavy atom. The highest BCUT2D eigenvalue weighted by Gasteiger charge is 2.33. The molecule has 2 atom stereocenters. The van der Waals surface area contributed by atoms with E-state index >= 15 is 0 Å². The van der Waals surface area contributed by atoms with Gasteiger partial charge in [-0.2, -0.15) is 0 Å². The van der Waals surface area contributed by atoms with Gasteiger partial charge in [0.15, 0.2) is 0 Å². The highest BCUT2D eigenvalue weighted by atomic mass is 35.5. The second kappa shape index (κ2) is 7.57. The third kappa shape index (κ3) is 3.64. The summed E-state index contributed by atoms with van der Waals surface area (Å²) in [6.45, 7) is 0. The molecule has 4 nitrogen and oxygen atoms in total. The number of benzene rings is 1. The lowest BCUT2D eigenvalue weighted by molar-refractivity contribution is -0.138. The van der Waals surface area contributed by atoms with Crippen molar-refractivity contribution in [3.05, 3.63) is 81.8 Å². The molecular weight excluding hydrogens is 346 g/mol. The number of rotatable bonds is 5. The normalized spacial score (nSPS) is 13.2. The van der Waals surface area contributed by atoms with Gasteiger partial charge in [-0.1, -0.05) is 35.9 Å². The molecule has 0 aliphatic heterocycles. The molecule has 0 spiro atoms. The molecule has 0 radical (unpaired) electrons. The molecule has 1 aromatic carbocycles. The van der Waals surface area contributed by atoms with Gasteiger partial charge in [-0.25, -0.2) is 0 Å². The van der Waals surface area contributed by atoms with E-state index in [4.69, 9.17) is 16.3 Å². The molecule has 0 saturated carbocycles. The minimum absolute atomic E-state index is 0.268. The highest BCUT2D eigenvalue weighted by molar-refractivity contribution is 7.10. The van der Waals surface area contributed by atoms with Gasteiger partial charge in [-0.05, 0) is 29.6 Å². The van der Waals surface area contributed by atoms with Crippen LogP contribution in [0.5, 0.6) is 5.75 Å². The number of hydrogen-bond donors (Lipinski definition) is 1. The summed E-state index contributed by atoms with van der Waals surface area (Å²) in [6.07, 6.45) is 2.08. The molecule has 0 aliphatic carbocycles. The number of ether oxygens (including phenoxy) is 1. The zero-order chi connectivity index (χ0) is 16.9. The van der Waals surface area contributed by atoms with E-state index in [0.717, 1.165) is 0 Å². The molecule has 0 aliphatic rings. The number of esters is 1. The van der Waals surface area contributed by atoms with Gasteiger partial charge in [0.05, 0.1) is 11.1 Å². The van der Waals surface area contributed by atoms with Crippen LogP contribution in [0.15, 0.2) is 66.3 Å². The quantitative estimate of drug-likeness (QED) is 0.547. The zero-order valence-corrected chi connectivity index (χ0v) is 14.1. The molecule has 6 heteroatoms. The average molecular weight is 360 g/mol. The second-order valence-electron chi connectivity index (χ2n) is 5.08. The second-order valence-corrected chi connectivity index (χ2v) is 6.46. The van der Waals surface area contributed by atoms with Gasteiger partial charge in [-0.3, -0.25) is 9.78 Å². The maximum absolute atomic E-state index is 12.7. The standard InChI is InChI=1S/C18H14ClNO3S/c19-13-6-1-2-7-14(13)23-18(22)16(15-8-4-10-24-15)17(21)12-5-3-9-20-11-12/h1-11,16-17,21H. The van der Waals surface area contributed by atoms with Gasteiger partial charge < -0.3 is 9.84 Å². The lowest BCUT2D eigenvalue weighted by Crippen LogP contribution is -2.24. The van der Waals surface area contributed by atoms with Crippen LogP contribution in [0.25, 0.3) is 0 Å². The van der Waals surface area contributed by atoms with E-state index < -0.39 is 18.0 Å². The molecular formula is C18H14ClNO3S. The van der Waals surface area contributed by atoms with Crippen LogP contribution in [0.3, 0.4) is 0 Å². The summed E-state index contributed by atoms with van der Waals surface area (Å²) in [7, 11) is 0. The first-order valence-electron chi connectivity index (χ1n) is 7.24. The molecule has 0 saturated heterocycles. The third-order valence-electron chi connectivity index (χ3n) is 3.49. The molecule has 0 bridgehead atoms. The van der Waals surface area contributed by atoms with Crippen LogP contribution in [0.1, 0.15) is 22.5 Å². The monoisotopic (exact) mass is 359 g/mol. The van der Waals surface area contributed by atoms with Crippen molar-refractivity contribution < 1.29 is 14.6 Å². The van der Waals surface area contributed by atoms with Crippen LogP contribution >= 0.6 is 22.9 Å². The SMILES string of the molecule is O=C(Oc1ccccc1Cl)C(c1cccs1)C(O)c1cccnc1. The van der Waals surface area contributed by atoms with Crippen molar-refractivity contribution in [1.29, 1.82) is 0 Å². The molecule has 2 unspecified atom stereocenters. The molecule has 2 heterocycles. The average Bonchev–Trinajstić information content (AvgIpc) is 3.12. The summed E-state index contributed by atoms with van der Waals surface area (Å²) in [6, 6.07) is 13.8. The minimum atomic E-state index is -1.06. The Morgan fingerprint density at radius 2 is 2.00 bits per heavy atom. The number of para-hydroxylation sites is 1. The number of aliphatic hydroxyl groups excluding tert-OH is 1. The summed E-state index contributed by atoms with van der Waals surface area (Å²) < 4.78 is 5.43. The first-order chi connectivity index (χ1) is 11.7. The molecule has 24 heavy (non-hydrogen) atoms. The van der Waals surface area contributed by atoms with Crippen LogP contribution in [0, 0.1) is 0 Å². The fraction of sp³-hybridized carbons (Fsp3) is 0.111. The maximum Gasteiger partial charge on any atom is 0.322 e. The van der Waals surface area contributed by atoms with Crippen LogP contribution < -0.4 is 4.74 Å². The smallest absolute Gasteiger partial charge is 0.322 e. The Morgan fingerprint density at radius 3 is 2.67 bits per heavy atom. The van der Waals surface area contributed by atoms with Crippen molar-refractivity contribution >= 4 is 28.9 Å². The predicted molar refractivity (Wildman–Crippen MR) is 93.3 cm³/mol. The van der Waals surface area contributed by atoms with E-state index in [2.05, 4.69) is 4.98 Å². The number of halogens is 1. The number of aliphatic hydroxyl groups is 1. The van der Waals surface area contributed by atoms with Crippen LogP contribution in [-0.2, 0) is 4.79 Å². The van der Waals surface area contributed by atoms with Crippen LogP contribution in [-0.4, -0.2) is 16.1 Å². The molecule has 0 fully saturated rings. The van der Waals surface area contributed by atoms with Gasteiger partial charge in [0.1, 0.15) is 11.7 Å². The van der Waals surface area contributed by atoms with Crippen molar-refractivity contribution in [3.8, 4) is 5.75 Å². The maximum atomic E-state index is 12.7. The predicted octanol–water partition coefficient (Wildman–Crippen LogP) is 4.22. The number of aromatic nitrogens is 1. The number of carbonyl (C=O) groups excluding carboxylic acids is 1. The Labute approximate surface area is 148 Å². The molecule has 3 aromatic rings. The first kappa shape index (κ1) is 16.6. The Hall–Kier alpha value is -2.21. The van der Waals surface area contributed by atoms with E-state index in [0.29, 0.717) is 15.5 Å². The highest BCUT2D eigenvalue weighted by Crippen LogP contribution is 2.35. The Kier molecular flexibility index (Phi) is 5.25. The summed E-state index contributed by atoms with van der Waals surface area (Å²) in [5.74, 6) is -1.16. The van der Waals surface area contributed by atoms with Crippen molar-refractivity contribution in [1.82, 2.24) is 4.98 Å². The van der Waals surface area contributed by atoms with E-state index in [9.17, 15) is 9.90 Å². The van der Waals surface area contributed by atoms with E-state index in [1.165, 1.54) is 17.5 Å². The lowest BCUT2D eigenvalue weighted by Gasteiger charge is -2.21. The molecule has 2 aromatic heterocycles. The number of pyridine rings is 1. The number of thiophene rings is 1. The van der Waals surface area contributed by atoms with E-state index in [-0.39, 0.29) is 5.75 Å². The van der Waals surface area contributed by atoms with Gasteiger partial charge in [0, 0.05) is 22.8 Å². The third-order valence-corrected chi connectivity index (χ3v) is 4.76. The van der Waals surface area contributed by atoms with Gasteiger partial charge in [0.2, 0.25) is 0 Å². The molecule has 1 N–H and O–H groups in total. The number of hydrogen-bond acceptors (Lipinski definition) is 5. The Bertz CT molecular complexity index is 808. The van der Waals surface area contributed by atoms with E-state index in [1.54, 1.807) is 48.7 Å². The summed E-state index contributed by atoms with van der Waals surface area (Å²) >= 11 is 7.43. The van der Waals surface area contributed by atoms with Crippen molar-refractivity contribution in [2.75, 3.05) is 0 Å². The lowest BCUT2D eigenvalue weighted by atomic mass is 9.95.